The highest BCUT2D eigenvalue weighted by Crippen LogP contribution is 2.51. The van der Waals surface area contributed by atoms with Gasteiger partial charge in [-0.2, -0.15) is 0 Å². The highest BCUT2D eigenvalue weighted by atomic mass is 35.5. The van der Waals surface area contributed by atoms with Gasteiger partial charge in [-0.15, -0.1) is 12.3 Å². The molecule has 174 valence electrons. The molecule has 0 aromatic heterocycles. The van der Waals surface area contributed by atoms with Crippen LogP contribution in [0.5, 0.6) is 0 Å². The Balaban J connectivity index is 1.90. The van der Waals surface area contributed by atoms with Crippen molar-refractivity contribution in [3.05, 3.63) is 74.8 Å². The normalized spacial score (nSPS) is 25.8. The molecule has 10 heteroatoms. The van der Waals surface area contributed by atoms with Gasteiger partial charge in [0.1, 0.15) is 5.54 Å². The molecule has 2 aromatic rings. The van der Waals surface area contributed by atoms with Crippen molar-refractivity contribution < 1.29 is 24.4 Å². The third-order valence-corrected chi connectivity index (χ3v) is 6.69. The van der Waals surface area contributed by atoms with Gasteiger partial charge in [-0.05, 0) is 17.7 Å². The molecule has 9 nitrogen and oxygen atoms in total. The Kier molecular flexibility index (Phi) is 6.13. The van der Waals surface area contributed by atoms with E-state index in [-0.39, 0.29) is 35.7 Å². The molecule has 4 rings (SSSR count). The van der Waals surface area contributed by atoms with Crippen LogP contribution in [-0.2, 0) is 20.8 Å². The molecular formula is C24H20ClN3O6. The monoisotopic (exact) mass is 481 g/mol. The molecule has 2 heterocycles. The third kappa shape index (κ3) is 3.71. The van der Waals surface area contributed by atoms with Crippen molar-refractivity contribution in [2.24, 2.45) is 11.8 Å². The minimum absolute atomic E-state index is 0.0450. The number of aliphatic carboxylic acids is 1. The first kappa shape index (κ1) is 23.4. The minimum atomic E-state index is -1.88. The molecule has 4 unspecified atom stereocenters. The van der Waals surface area contributed by atoms with E-state index in [9.17, 15) is 29.6 Å². The first-order valence-corrected chi connectivity index (χ1v) is 10.9. The number of carbonyl (C=O) groups is 3. The van der Waals surface area contributed by atoms with Gasteiger partial charge in [0.25, 0.3) is 5.69 Å². The van der Waals surface area contributed by atoms with Crippen LogP contribution in [0.25, 0.3) is 0 Å². The summed E-state index contributed by atoms with van der Waals surface area (Å²) in [5.74, 6) is -2.71. The van der Waals surface area contributed by atoms with Gasteiger partial charge in [-0.1, -0.05) is 41.9 Å². The van der Waals surface area contributed by atoms with Crippen LogP contribution in [-0.4, -0.2) is 44.8 Å². The molecule has 2 amide bonds. The quantitative estimate of drug-likeness (QED) is 0.269. The number of amides is 2. The number of carboxylic acid groups (broad SMARTS) is 1. The largest absolute Gasteiger partial charge is 0.480 e. The summed E-state index contributed by atoms with van der Waals surface area (Å²) in [6.07, 6.45) is 5.30. The molecule has 0 spiro atoms. The Morgan fingerprint density at radius 3 is 2.56 bits per heavy atom. The van der Waals surface area contributed by atoms with E-state index in [1.165, 1.54) is 18.2 Å². The summed E-state index contributed by atoms with van der Waals surface area (Å²) >= 11 is 6.12. The maximum atomic E-state index is 13.4. The molecule has 2 aromatic carbocycles. The minimum Gasteiger partial charge on any atom is -0.480 e. The number of rotatable bonds is 7. The zero-order valence-corrected chi connectivity index (χ0v) is 18.6. The lowest BCUT2D eigenvalue weighted by Gasteiger charge is -2.31. The molecule has 0 bridgehead atoms. The summed E-state index contributed by atoms with van der Waals surface area (Å²) in [4.78, 5) is 51.7. The summed E-state index contributed by atoms with van der Waals surface area (Å²) in [6, 6.07) is 11.4. The van der Waals surface area contributed by atoms with E-state index in [0.717, 1.165) is 4.90 Å². The molecule has 2 N–H and O–H groups in total. The number of likely N-dealkylation sites (tertiary alicyclic amines) is 1. The topological polar surface area (TPSA) is 130 Å². The van der Waals surface area contributed by atoms with Crippen molar-refractivity contribution in [1.29, 1.82) is 0 Å². The fraction of sp³-hybridized carbons (Fsp3) is 0.292. The second-order valence-electron chi connectivity index (χ2n) is 8.31. The van der Waals surface area contributed by atoms with Gasteiger partial charge in [0.15, 0.2) is 0 Å². The number of fused-ring (bicyclic) bond motifs is 1. The number of hydrogen-bond donors (Lipinski definition) is 2. The zero-order valence-electron chi connectivity index (χ0n) is 17.8. The maximum Gasteiger partial charge on any atom is 0.325 e. The summed E-state index contributed by atoms with van der Waals surface area (Å²) < 4.78 is 0. The van der Waals surface area contributed by atoms with Crippen molar-refractivity contribution >= 4 is 35.1 Å². The SMILES string of the molecule is C#CCCN1C(=O)C2C(c3cc(Cl)ccc3[N+](=O)[O-])NC(Cc3ccccc3)(C(=O)O)C2C1=O. The zero-order chi connectivity index (χ0) is 24.6. The van der Waals surface area contributed by atoms with E-state index in [1.807, 2.05) is 0 Å². The van der Waals surface area contributed by atoms with Crippen molar-refractivity contribution in [3.63, 3.8) is 0 Å². The Hall–Kier alpha value is -3.74. The molecule has 4 atom stereocenters. The summed E-state index contributed by atoms with van der Waals surface area (Å²) in [5, 5.41) is 25.3. The lowest BCUT2D eigenvalue weighted by atomic mass is 9.76. The second kappa shape index (κ2) is 8.89. The van der Waals surface area contributed by atoms with E-state index in [2.05, 4.69) is 11.2 Å². The molecular weight excluding hydrogens is 462 g/mol. The average Bonchev–Trinajstić information content (AvgIpc) is 3.27. The summed E-state index contributed by atoms with van der Waals surface area (Å²) in [6.45, 7) is -0.0629. The Morgan fingerprint density at radius 1 is 1.24 bits per heavy atom. The number of carboxylic acids is 1. The number of carbonyl (C=O) groups excluding carboxylic acids is 2. The van der Waals surface area contributed by atoms with Crippen molar-refractivity contribution in [3.8, 4) is 12.3 Å². The van der Waals surface area contributed by atoms with Crippen LogP contribution in [0, 0.1) is 34.3 Å². The molecule has 2 aliphatic heterocycles. The van der Waals surface area contributed by atoms with Crippen LogP contribution in [0.2, 0.25) is 5.02 Å². The molecule has 2 saturated heterocycles. The van der Waals surface area contributed by atoms with E-state index in [1.54, 1.807) is 30.3 Å². The highest BCUT2D eigenvalue weighted by Gasteiger charge is 2.68. The lowest BCUT2D eigenvalue weighted by molar-refractivity contribution is -0.385. The predicted octanol–water partition coefficient (Wildman–Crippen LogP) is 2.58. The molecule has 2 aliphatic rings. The second-order valence-corrected chi connectivity index (χ2v) is 8.74. The predicted molar refractivity (Wildman–Crippen MR) is 122 cm³/mol. The van der Waals surface area contributed by atoms with Crippen LogP contribution in [0.15, 0.2) is 48.5 Å². The lowest BCUT2D eigenvalue weighted by Crippen LogP contribution is -2.57. The number of nitro groups is 1. The van der Waals surface area contributed by atoms with E-state index in [0.29, 0.717) is 5.56 Å². The Bertz CT molecular complexity index is 1230. The van der Waals surface area contributed by atoms with E-state index < -0.39 is 46.1 Å². The van der Waals surface area contributed by atoms with Gasteiger partial charge < -0.3 is 5.11 Å². The third-order valence-electron chi connectivity index (χ3n) is 6.45. The molecule has 0 saturated carbocycles. The fourth-order valence-corrected chi connectivity index (χ4v) is 5.20. The van der Waals surface area contributed by atoms with Crippen LogP contribution < -0.4 is 5.32 Å². The van der Waals surface area contributed by atoms with Gasteiger partial charge in [-0.3, -0.25) is 34.7 Å². The molecule has 34 heavy (non-hydrogen) atoms. The Morgan fingerprint density at radius 2 is 1.94 bits per heavy atom. The molecule has 0 aliphatic carbocycles. The van der Waals surface area contributed by atoms with Crippen molar-refractivity contribution in [2.45, 2.75) is 24.4 Å². The van der Waals surface area contributed by atoms with Crippen LogP contribution in [0.1, 0.15) is 23.6 Å². The van der Waals surface area contributed by atoms with Gasteiger partial charge in [0.2, 0.25) is 11.8 Å². The summed E-state index contributed by atoms with van der Waals surface area (Å²) in [5.41, 5.74) is -1.54. The molecule has 0 radical (unpaired) electrons. The average molecular weight is 482 g/mol. The first-order valence-electron chi connectivity index (χ1n) is 10.5. The van der Waals surface area contributed by atoms with Gasteiger partial charge in [0, 0.05) is 36.0 Å². The van der Waals surface area contributed by atoms with E-state index in [4.69, 9.17) is 18.0 Å². The number of nitrogens with zero attached hydrogens (tertiary/aromatic N) is 2. The van der Waals surface area contributed by atoms with Crippen LogP contribution >= 0.6 is 11.6 Å². The fourth-order valence-electron chi connectivity index (χ4n) is 5.02. The number of nitro benzene ring substituents is 1. The highest BCUT2D eigenvalue weighted by molar-refractivity contribution is 6.30. The number of hydrogen-bond acceptors (Lipinski definition) is 6. The maximum absolute atomic E-state index is 13.4. The molecule has 2 fully saturated rings. The summed E-state index contributed by atoms with van der Waals surface area (Å²) in [7, 11) is 0. The number of nitrogens with one attached hydrogen (secondary N) is 1. The van der Waals surface area contributed by atoms with Gasteiger partial charge >= 0.3 is 5.97 Å². The van der Waals surface area contributed by atoms with E-state index >= 15 is 0 Å². The first-order chi connectivity index (χ1) is 16.2. The standard InChI is InChI=1S/C24H20ClN3O6/c1-2-3-11-27-21(29)18-19(22(27)30)24(23(31)32,13-14-7-5-4-6-8-14)26-20(18)16-12-15(25)9-10-17(16)28(33)34/h1,4-10,12,18-20,26H,3,11,13H2,(H,31,32). The number of terminal acetylenes is 1. The van der Waals surface area contributed by atoms with Gasteiger partial charge in [0.05, 0.1) is 22.8 Å². The number of benzene rings is 2. The van der Waals surface area contributed by atoms with Gasteiger partial charge in [-0.25, -0.2) is 0 Å². The van der Waals surface area contributed by atoms with Crippen LogP contribution in [0.3, 0.4) is 0 Å². The Labute approximate surface area is 199 Å². The number of halogens is 1. The van der Waals surface area contributed by atoms with Crippen LogP contribution in [0.4, 0.5) is 5.69 Å². The van der Waals surface area contributed by atoms with Crippen molar-refractivity contribution in [1.82, 2.24) is 10.2 Å². The smallest absolute Gasteiger partial charge is 0.325 e. The van der Waals surface area contributed by atoms with Crippen molar-refractivity contribution in [2.75, 3.05) is 6.54 Å². The number of imide groups is 1.